The standard InChI is InChI=1S/C14H27BrN2O/c1-18-14-5-2-4-13(12-14)17-8-3-7-16(9-6-15)10-11-17/h13-14H,2-12H2,1H3. The molecular formula is C14H27BrN2O. The molecule has 0 amide bonds. The molecule has 0 N–H and O–H groups in total. The third kappa shape index (κ3) is 4.19. The minimum atomic E-state index is 0.505. The molecule has 18 heavy (non-hydrogen) atoms. The van der Waals surface area contributed by atoms with Gasteiger partial charge in [-0.2, -0.15) is 0 Å². The van der Waals surface area contributed by atoms with Crippen molar-refractivity contribution in [1.82, 2.24) is 9.80 Å². The Kier molecular flexibility index (Phi) is 6.42. The Bertz CT molecular complexity index is 240. The Labute approximate surface area is 120 Å². The molecule has 2 unspecified atom stereocenters. The first kappa shape index (κ1) is 14.8. The summed E-state index contributed by atoms with van der Waals surface area (Å²) >= 11 is 3.55. The van der Waals surface area contributed by atoms with E-state index in [4.69, 9.17) is 4.74 Å². The van der Waals surface area contributed by atoms with Gasteiger partial charge < -0.3 is 9.64 Å². The van der Waals surface area contributed by atoms with Gasteiger partial charge in [0.2, 0.25) is 0 Å². The second kappa shape index (κ2) is 7.83. The molecule has 1 heterocycles. The summed E-state index contributed by atoms with van der Waals surface area (Å²) in [7, 11) is 1.87. The molecule has 0 aromatic carbocycles. The number of rotatable bonds is 4. The van der Waals surface area contributed by atoms with Gasteiger partial charge in [-0.1, -0.05) is 15.9 Å². The lowest BCUT2D eigenvalue weighted by atomic mass is 9.91. The Morgan fingerprint density at radius 3 is 2.78 bits per heavy atom. The van der Waals surface area contributed by atoms with Crippen LogP contribution < -0.4 is 0 Å². The zero-order chi connectivity index (χ0) is 12.8. The summed E-state index contributed by atoms with van der Waals surface area (Å²) in [6, 6.07) is 0.771. The van der Waals surface area contributed by atoms with Crippen LogP contribution in [-0.4, -0.2) is 67.1 Å². The van der Waals surface area contributed by atoms with Gasteiger partial charge in [-0.25, -0.2) is 0 Å². The quantitative estimate of drug-likeness (QED) is 0.740. The minimum Gasteiger partial charge on any atom is -0.381 e. The lowest BCUT2D eigenvalue weighted by Gasteiger charge is -2.36. The summed E-state index contributed by atoms with van der Waals surface area (Å²) in [5.74, 6) is 0. The van der Waals surface area contributed by atoms with Gasteiger partial charge in [0.1, 0.15) is 0 Å². The minimum absolute atomic E-state index is 0.505. The van der Waals surface area contributed by atoms with Crippen molar-refractivity contribution in [3.63, 3.8) is 0 Å². The van der Waals surface area contributed by atoms with Gasteiger partial charge in [-0.3, -0.25) is 4.90 Å². The molecular weight excluding hydrogens is 292 g/mol. The third-order valence-corrected chi connectivity index (χ3v) is 4.83. The highest BCUT2D eigenvalue weighted by molar-refractivity contribution is 9.09. The number of alkyl halides is 1. The van der Waals surface area contributed by atoms with Crippen LogP contribution in [0.5, 0.6) is 0 Å². The predicted molar refractivity (Wildman–Crippen MR) is 79.5 cm³/mol. The van der Waals surface area contributed by atoms with E-state index in [0.29, 0.717) is 6.10 Å². The summed E-state index contributed by atoms with van der Waals surface area (Å²) in [5.41, 5.74) is 0. The molecule has 1 saturated carbocycles. The molecule has 1 saturated heterocycles. The zero-order valence-electron chi connectivity index (χ0n) is 11.6. The summed E-state index contributed by atoms with van der Waals surface area (Å²) in [6.45, 7) is 6.22. The van der Waals surface area contributed by atoms with Gasteiger partial charge in [-0.05, 0) is 45.2 Å². The maximum atomic E-state index is 5.56. The normalized spacial score (nSPS) is 32.3. The topological polar surface area (TPSA) is 15.7 Å². The van der Waals surface area contributed by atoms with Crippen LogP contribution >= 0.6 is 15.9 Å². The van der Waals surface area contributed by atoms with Crippen LogP contribution in [0.2, 0.25) is 0 Å². The van der Waals surface area contributed by atoms with E-state index in [9.17, 15) is 0 Å². The first-order valence-corrected chi connectivity index (χ1v) is 8.51. The van der Waals surface area contributed by atoms with Crippen molar-refractivity contribution in [2.45, 2.75) is 44.2 Å². The second-order valence-corrected chi connectivity index (χ2v) is 6.39. The molecule has 0 aromatic rings. The molecule has 2 atom stereocenters. The van der Waals surface area contributed by atoms with Gasteiger partial charge in [-0.15, -0.1) is 0 Å². The highest BCUT2D eigenvalue weighted by atomic mass is 79.9. The van der Waals surface area contributed by atoms with Gasteiger partial charge in [0.25, 0.3) is 0 Å². The summed E-state index contributed by atoms with van der Waals surface area (Å²) < 4.78 is 5.56. The predicted octanol–water partition coefficient (Wildman–Crippen LogP) is 2.35. The van der Waals surface area contributed by atoms with Gasteiger partial charge in [0.15, 0.2) is 0 Å². The monoisotopic (exact) mass is 318 g/mol. The van der Waals surface area contributed by atoms with E-state index in [1.54, 1.807) is 0 Å². The first-order valence-electron chi connectivity index (χ1n) is 7.38. The largest absolute Gasteiger partial charge is 0.381 e. The van der Waals surface area contributed by atoms with E-state index in [-0.39, 0.29) is 0 Å². The van der Waals surface area contributed by atoms with Crippen molar-refractivity contribution in [2.75, 3.05) is 45.2 Å². The lowest BCUT2D eigenvalue weighted by molar-refractivity contribution is 0.0289. The highest BCUT2D eigenvalue weighted by Crippen LogP contribution is 2.25. The van der Waals surface area contributed by atoms with Crippen molar-refractivity contribution in [2.24, 2.45) is 0 Å². The smallest absolute Gasteiger partial charge is 0.0586 e. The molecule has 1 aliphatic carbocycles. The average Bonchev–Trinajstić information content (AvgIpc) is 2.65. The Hall–Kier alpha value is 0.360. The second-order valence-electron chi connectivity index (χ2n) is 5.60. The van der Waals surface area contributed by atoms with Crippen molar-refractivity contribution in [3.8, 4) is 0 Å². The van der Waals surface area contributed by atoms with Crippen molar-refractivity contribution < 1.29 is 4.74 Å². The van der Waals surface area contributed by atoms with Gasteiger partial charge in [0.05, 0.1) is 6.10 Å². The molecule has 1 aliphatic heterocycles. The van der Waals surface area contributed by atoms with E-state index >= 15 is 0 Å². The Morgan fingerprint density at radius 1 is 1.11 bits per heavy atom. The van der Waals surface area contributed by atoms with E-state index in [1.165, 1.54) is 64.8 Å². The number of methoxy groups -OCH3 is 1. The Balaban J connectivity index is 1.81. The number of hydrogen-bond donors (Lipinski definition) is 0. The maximum absolute atomic E-state index is 5.56. The molecule has 3 nitrogen and oxygen atoms in total. The first-order chi connectivity index (χ1) is 8.83. The number of halogens is 1. The number of ether oxygens (including phenoxy) is 1. The molecule has 2 fully saturated rings. The summed E-state index contributed by atoms with van der Waals surface area (Å²) in [4.78, 5) is 5.31. The average molecular weight is 319 g/mol. The summed E-state index contributed by atoms with van der Waals surface area (Å²) in [5, 5.41) is 1.10. The molecule has 106 valence electrons. The highest BCUT2D eigenvalue weighted by Gasteiger charge is 2.27. The van der Waals surface area contributed by atoms with Crippen molar-refractivity contribution in [3.05, 3.63) is 0 Å². The molecule has 0 spiro atoms. The van der Waals surface area contributed by atoms with Crippen LogP contribution in [0.25, 0.3) is 0 Å². The fraction of sp³-hybridized carbons (Fsp3) is 1.00. The molecule has 0 aromatic heterocycles. The van der Waals surface area contributed by atoms with Crippen molar-refractivity contribution >= 4 is 15.9 Å². The van der Waals surface area contributed by atoms with Crippen LogP contribution in [0, 0.1) is 0 Å². The van der Waals surface area contributed by atoms with Crippen LogP contribution in [0.1, 0.15) is 32.1 Å². The fourth-order valence-electron chi connectivity index (χ4n) is 3.37. The maximum Gasteiger partial charge on any atom is 0.0586 e. The van der Waals surface area contributed by atoms with Crippen LogP contribution in [0.3, 0.4) is 0 Å². The van der Waals surface area contributed by atoms with E-state index in [2.05, 4.69) is 25.7 Å². The van der Waals surface area contributed by atoms with Crippen molar-refractivity contribution in [1.29, 1.82) is 0 Å². The van der Waals surface area contributed by atoms with E-state index in [1.807, 2.05) is 7.11 Å². The lowest BCUT2D eigenvalue weighted by Crippen LogP contribution is -2.42. The van der Waals surface area contributed by atoms with Crippen LogP contribution in [0.4, 0.5) is 0 Å². The Morgan fingerprint density at radius 2 is 2.00 bits per heavy atom. The molecule has 4 heteroatoms. The van der Waals surface area contributed by atoms with Gasteiger partial charge >= 0.3 is 0 Å². The molecule has 2 aliphatic rings. The van der Waals surface area contributed by atoms with Crippen LogP contribution in [-0.2, 0) is 4.74 Å². The van der Waals surface area contributed by atoms with E-state index < -0.39 is 0 Å². The SMILES string of the molecule is COC1CCCC(N2CCCN(CCBr)CC2)C1. The molecule has 2 rings (SSSR count). The van der Waals surface area contributed by atoms with Gasteiger partial charge in [0, 0.05) is 38.1 Å². The number of nitrogens with zero attached hydrogens (tertiary/aromatic N) is 2. The third-order valence-electron chi connectivity index (χ3n) is 4.47. The van der Waals surface area contributed by atoms with Crippen LogP contribution in [0.15, 0.2) is 0 Å². The zero-order valence-corrected chi connectivity index (χ0v) is 13.2. The number of hydrogen-bond acceptors (Lipinski definition) is 3. The van der Waals surface area contributed by atoms with E-state index in [0.717, 1.165) is 11.4 Å². The molecule has 0 radical (unpaired) electrons. The summed E-state index contributed by atoms with van der Waals surface area (Å²) in [6.07, 6.45) is 7.04. The molecule has 0 bridgehead atoms. The fourth-order valence-corrected chi connectivity index (χ4v) is 3.87.